The molecule has 1 heterocycles. The summed E-state index contributed by atoms with van der Waals surface area (Å²) in [5.41, 5.74) is 4.09. The molecule has 0 aliphatic heterocycles. The molecule has 22 heavy (non-hydrogen) atoms. The summed E-state index contributed by atoms with van der Waals surface area (Å²) in [6.45, 7) is 3.74. The van der Waals surface area contributed by atoms with Crippen molar-refractivity contribution in [1.29, 1.82) is 0 Å². The second kappa shape index (κ2) is 7.75. The second-order valence-electron chi connectivity index (χ2n) is 5.14. The lowest BCUT2D eigenvalue weighted by molar-refractivity contribution is -0.147. The Hall–Kier alpha value is -2.14. The third kappa shape index (κ3) is 5.00. The number of carbonyl (C=O) groups is 2. The standard InChI is InChI=1S/C17H19NO3S/c1-12-3-5-15(9-13(12)2)18-16(19)10-21-17(20)6-4-14-7-8-22-11-14/h3,5,7-9,11H,4,6,10H2,1-2H3,(H,18,19). The first-order chi connectivity index (χ1) is 10.5. The fraction of sp³-hybridized carbons (Fsp3) is 0.294. The highest BCUT2D eigenvalue weighted by Gasteiger charge is 2.09. The Morgan fingerprint density at radius 2 is 2.00 bits per heavy atom. The predicted molar refractivity (Wildman–Crippen MR) is 88.1 cm³/mol. The van der Waals surface area contributed by atoms with Crippen LogP contribution in [0.5, 0.6) is 0 Å². The van der Waals surface area contributed by atoms with E-state index in [1.807, 2.05) is 48.9 Å². The van der Waals surface area contributed by atoms with Crippen LogP contribution in [-0.2, 0) is 20.7 Å². The fourth-order valence-corrected chi connectivity index (χ4v) is 2.62. The van der Waals surface area contributed by atoms with Crippen LogP contribution >= 0.6 is 11.3 Å². The molecule has 0 aliphatic rings. The van der Waals surface area contributed by atoms with Gasteiger partial charge in [0.05, 0.1) is 0 Å². The molecule has 1 amide bonds. The maximum Gasteiger partial charge on any atom is 0.306 e. The zero-order valence-electron chi connectivity index (χ0n) is 12.7. The maximum absolute atomic E-state index is 11.8. The van der Waals surface area contributed by atoms with E-state index in [0.29, 0.717) is 12.1 Å². The van der Waals surface area contributed by atoms with Gasteiger partial charge in [0, 0.05) is 12.1 Å². The highest BCUT2D eigenvalue weighted by molar-refractivity contribution is 7.07. The number of benzene rings is 1. The van der Waals surface area contributed by atoms with Crippen LogP contribution < -0.4 is 5.32 Å². The predicted octanol–water partition coefficient (Wildman–Crippen LogP) is 3.48. The summed E-state index contributed by atoms with van der Waals surface area (Å²) in [5, 5.41) is 6.69. The van der Waals surface area contributed by atoms with E-state index in [-0.39, 0.29) is 24.9 Å². The molecule has 5 heteroatoms. The van der Waals surface area contributed by atoms with Crippen LogP contribution in [-0.4, -0.2) is 18.5 Å². The van der Waals surface area contributed by atoms with Gasteiger partial charge in [0.25, 0.3) is 5.91 Å². The lowest BCUT2D eigenvalue weighted by Gasteiger charge is -2.08. The molecule has 1 aromatic carbocycles. The number of carbonyl (C=O) groups excluding carboxylic acids is 2. The first-order valence-electron chi connectivity index (χ1n) is 7.08. The molecule has 0 saturated heterocycles. The van der Waals surface area contributed by atoms with E-state index in [9.17, 15) is 9.59 Å². The van der Waals surface area contributed by atoms with E-state index in [1.165, 1.54) is 0 Å². The number of esters is 1. The fourth-order valence-electron chi connectivity index (χ4n) is 1.92. The number of hydrogen-bond acceptors (Lipinski definition) is 4. The van der Waals surface area contributed by atoms with Crippen molar-refractivity contribution in [2.75, 3.05) is 11.9 Å². The molecule has 2 rings (SSSR count). The minimum Gasteiger partial charge on any atom is -0.456 e. The minimum absolute atomic E-state index is 0.255. The Morgan fingerprint density at radius 3 is 2.68 bits per heavy atom. The summed E-state index contributed by atoms with van der Waals surface area (Å²) in [7, 11) is 0. The van der Waals surface area contributed by atoms with Gasteiger partial charge in [-0.15, -0.1) is 0 Å². The number of thiophene rings is 1. The van der Waals surface area contributed by atoms with Gasteiger partial charge in [0.2, 0.25) is 0 Å². The van der Waals surface area contributed by atoms with E-state index in [4.69, 9.17) is 4.74 Å². The van der Waals surface area contributed by atoms with Crippen molar-refractivity contribution >= 4 is 28.9 Å². The van der Waals surface area contributed by atoms with Crippen molar-refractivity contribution in [2.45, 2.75) is 26.7 Å². The number of amides is 1. The molecule has 4 nitrogen and oxygen atoms in total. The minimum atomic E-state index is -0.360. The lowest BCUT2D eigenvalue weighted by atomic mass is 10.1. The van der Waals surface area contributed by atoms with Gasteiger partial charge in [0.15, 0.2) is 6.61 Å². The molecular weight excluding hydrogens is 298 g/mol. The summed E-state index contributed by atoms with van der Waals surface area (Å²) in [6, 6.07) is 7.65. The van der Waals surface area contributed by atoms with Crippen LogP contribution in [0, 0.1) is 13.8 Å². The number of anilines is 1. The zero-order chi connectivity index (χ0) is 15.9. The molecule has 0 aliphatic carbocycles. The van der Waals surface area contributed by atoms with Crippen molar-refractivity contribution in [3.8, 4) is 0 Å². The van der Waals surface area contributed by atoms with Crippen LogP contribution in [0.3, 0.4) is 0 Å². The molecule has 0 fully saturated rings. The van der Waals surface area contributed by atoms with Crippen LogP contribution in [0.2, 0.25) is 0 Å². The normalized spacial score (nSPS) is 10.3. The monoisotopic (exact) mass is 317 g/mol. The first-order valence-corrected chi connectivity index (χ1v) is 8.02. The van der Waals surface area contributed by atoms with Crippen molar-refractivity contribution < 1.29 is 14.3 Å². The van der Waals surface area contributed by atoms with Crippen molar-refractivity contribution in [3.63, 3.8) is 0 Å². The van der Waals surface area contributed by atoms with Gasteiger partial charge in [-0.2, -0.15) is 11.3 Å². The van der Waals surface area contributed by atoms with Gasteiger partial charge in [-0.3, -0.25) is 9.59 Å². The molecule has 0 atom stereocenters. The summed E-state index contributed by atoms with van der Waals surface area (Å²) < 4.78 is 4.98. The average Bonchev–Trinajstić information content (AvgIpc) is 3.00. The van der Waals surface area contributed by atoms with E-state index in [0.717, 1.165) is 16.7 Å². The number of nitrogens with one attached hydrogen (secondary N) is 1. The van der Waals surface area contributed by atoms with Crippen LogP contribution in [0.25, 0.3) is 0 Å². The lowest BCUT2D eigenvalue weighted by Crippen LogP contribution is -2.21. The van der Waals surface area contributed by atoms with E-state index in [2.05, 4.69) is 5.32 Å². The SMILES string of the molecule is Cc1ccc(NC(=O)COC(=O)CCc2ccsc2)cc1C. The molecule has 0 unspecified atom stereocenters. The number of hydrogen-bond donors (Lipinski definition) is 1. The van der Waals surface area contributed by atoms with E-state index < -0.39 is 0 Å². The van der Waals surface area contributed by atoms with Crippen molar-refractivity contribution in [3.05, 3.63) is 51.7 Å². The highest BCUT2D eigenvalue weighted by atomic mass is 32.1. The molecule has 0 saturated carbocycles. The molecule has 1 N–H and O–H groups in total. The van der Waals surface area contributed by atoms with Gasteiger partial charge >= 0.3 is 5.97 Å². The molecular formula is C17H19NO3S. The maximum atomic E-state index is 11.8. The van der Waals surface area contributed by atoms with Gasteiger partial charge in [-0.25, -0.2) is 0 Å². The summed E-state index contributed by atoms with van der Waals surface area (Å²) in [5.74, 6) is -0.687. The molecule has 0 spiro atoms. The second-order valence-corrected chi connectivity index (χ2v) is 5.92. The first kappa shape index (κ1) is 16.2. The Morgan fingerprint density at radius 1 is 1.18 bits per heavy atom. The van der Waals surface area contributed by atoms with Gasteiger partial charge in [-0.05, 0) is 65.9 Å². The summed E-state index contributed by atoms with van der Waals surface area (Å²) >= 11 is 1.60. The number of ether oxygens (including phenoxy) is 1. The van der Waals surface area contributed by atoms with Gasteiger partial charge in [-0.1, -0.05) is 6.07 Å². The number of rotatable bonds is 6. The smallest absolute Gasteiger partial charge is 0.306 e. The quantitative estimate of drug-likeness (QED) is 0.830. The molecule has 116 valence electrons. The molecule has 0 bridgehead atoms. The largest absolute Gasteiger partial charge is 0.456 e. The topological polar surface area (TPSA) is 55.4 Å². The van der Waals surface area contributed by atoms with E-state index in [1.54, 1.807) is 11.3 Å². The van der Waals surface area contributed by atoms with Crippen LogP contribution in [0.1, 0.15) is 23.1 Å². The van der Waals surface area contributed by atoms with Crippen LogP contribution in [0.4, 0.5) is 5.69 Å². The Labute approximate surface area is 134 Å². The Balaban J connectivity index is 1.72. The van der Waals surface area contributed by atoms with Gasteiger partial charge in [0.1, 0.15) is 0 Å². The summed E-state index contributed by atoms with van der Waals surface area (Å²) in [6.07, 6.45) is 0.925. The highest BCUT2D eigenvalue weighted by Crippen LogP contribution is 2.14. The van der Waals surface area contributed by atoms with E-state index >= 15 is 0 Å². The zero-order valence-corrected chi connectivity index (χ0v) is 13.5. The van der Waals surface area contributed by atoms with Crippen molar-refractivity contribution in [1.82, 2.24) is 0 Å². The summed E-state index contributed by atoms with van der Waals surface area (Å²) in [4.78, 5) is 23.4. The molecule has 0 radical (unpaired) electrons. The Bertz CT molecular complexity index is 650. The third-order valence-electron chi connectivity index (χ3n) is 3.35. The van der Waals surface area contributed by atoms with Gasteiger partial charge < -0.3 is 10.1 Å². The Kier molecular flexibility index (Phi) is 5.72. The average molecular weight is 317 g/mol. The number of aryl methyl sites for hydroxylation is 3. The molecule has 1 aromatic heterocycles. The van der Waals surface area contributed by atoms with Crippen LogP contribution in [0.15, 0.2) is 35.0 Å². The van der Waals surface area contributed by atoms with Crippen molar-refractivity contribution in [2.24, 2.45) is 0 Å². The molecule has 2 aromatic rings. The third-order valence-corrected chi connectivity index (χ3v) is 4.08.